The van der Waals surface area contributed by atoms with Crippen LogP contribution in [0.25, 0.3) is 0 Å². The summed E-state index contributed by atoms with van der Waals surface area (Å²) < 4.78 is 23.7. The van der Waals surface area contributed by atoms with E-state index in [1.54, 1.807) is 6.07 Å². The first kappa shape index (κ1) is 27.9. The second kappa shape index (κ2) is 12.9. The minimum atomic E-state index is -1.44. The number of rotatable bonds is 11. The fourth-order valence-corrected chi connectivity index (χ4v) is 3.58. The molecule has 0 saturated heterocycles. The Hall–Kier alpha value is -4.35. The first-order valence-corrected chi connectivity index (χ1v) is 10.8. The van der Waals surface area contributed by atoms with Gasteiger partial charge in [-0.3, -0.25) is 24.5 Å². The van der Waals surface area contributed by atoms with Gasteiger partial charge in [0.2, 0.25) is 11.8 Å². The molecule has 2 rings (SSSR count). The van der Waals surface area contributed by atoms with Crippen molar-refractivity contribution in [3.63, 3.8) is 0 Å². The van der Waals surface area contributed by atoms with Crippen LogP contribution in [0.15, 0.2) is 48.5 Å². The maximum absolute atomic E-state index is 14.2. The summed E-state index contributed by atoms with van der Waals surface area (Å²) >= 11 is 0. The van der Waals surface area contributed by atoms with E-state index in [1.165, 1.54) is 49.4 Å². The van der Waals surface area contributed by atoms with Crippen LogP contribution in [0.3, 0.4) is 0 Å². The highest BCUT2D eigenvalue weighted by molar-refractivity contribution is 5.91. The second-order valence-corrected chi connectivity index (χ2v) is 7.79. The highest BCUT2D eigenvalue weighted by atomic mass is 19.1. The molecule has 0 unspecified atom stereocenters. The zero-order chi connectivity index (χ0) is 26.8. The lowest BCUT2D eigenvalue weighted by atomic mass is 9.87. The molecule has 0 aliphatic carbocycles. The highest BCUT2D eigenvalue weighted by Crippen LogP contribution is 2.27. The molecule has 0 aromatic heterocycles. The SMILES string of the molecule is COC(=O)C[C@@H](c1ccc([N+](=O)[O-])cc1)[C@H](NC(=O)[C@H](Cc1ccccc1F)NC(C)=O)C(=O)OC. The average Bonchev–Trinajstić information content (AvgIpc) is 2.85. The fourth-order valence-electron chi connectivity index (χ4n) is 3.58. The van der Waals surface area contributed by atoms with E-state index in [9.17, 15) is 33.7 Å². The Morgan fingerprint density at radius 1 is 1.00 bits per heavy atom. The predicted octanol–water partition coefficient (Wildman–Crippen LogP) is 1.79. The Morgan fingerprint density at radius 2 is 1.64 bits per heavy atom. The lowest BCUT2D eigenvalue weighted by Gasteiger charge is -2.28. The largest absolute Gasteiger partial charge is 0.469 e. The molecule has 2 aromatic carbocycles. The van der Waals surface area contributed by atoms with Crippen molar-refractivity contribution in [2.45, 2.75) is 37.8 Å². The van der Waals surface area contributed by atoms with Crippen molar-refractivity contribution in [3.05, 3.63) is 75.6 Å². The summed E-state index contributed by atoms with van der Waals surface area (Å²) in [5.41, 5.74) is 0.249. The number of nitro benzene ring substituents is 1. The van der Waals surface area contributed by atoms with E-state index in [1.807, 2.05) is 0 Å². The van der Waals surface area contributed by atoms with E-state index < -0.39 is 52.5 Å². The van der Waals surface area contributed by atoms with Crippen LogP contribution in [0, 0.1) is 15.9 Å². The third kappa shape index (κ3) is 7.58. The molecular weight excluding hydrogens is 477 g/mol. The fraction of sp³-hybridized carbons (Fsp3) is 0.333. The molecule has 11 nitrogen and oxygen atoms in total. The Morgan fingerprint density at radius 3 is 2.17 bits per heavy atom. The van der Waals surface area contributed by atoms with Gasteiger partial charge in [0.25, 0.3) is 5.69 Å². The van der Waals surface area contributed by atoms with Gasteiger partial charge < -0.3 is 20.1 Å². The Labute approximate surface area is 206 Å². The minimum absolute atomic E-state index is 0.155. The number of carbonyl (C=O) groups excluding carboxylic acids is 4. The van der Waals surface area contributed by atoms with Crippen LogP contribution in [0.2, 0.25) is 0 Å². The van der Waals surface area contributed by atoms with Gasteiger partial charge in [-0.25, -0.2) is 9.18 Å². The number of nitro groups is 1. The maximum Gasteiger partial charge on any atom is 0.329 e. The third-order valence-electron chi connectivity index (χ3n) is 5.38. The van der Waals surface area contributed by atoms with E-state index >= 15 is 0 Å². The topological polar surface area (TPSA) is 154 Å². The van der Waals surface area contributed by atoms with Crippen LogP contribution in [0.1, 0.15) is 30.4 Å². The molecule has 0 saturated carbocycles. The monoisotopic (exact) mass is 503 g/mol. The zero-order valence-electron chi connectivity index (χ0n) is 19.9. The predicted molar refractivity (Wildman–Crippen MR) is 124 cm³/mol. The van der Waals surface area contributed by atoms with Crippen molar-refractivity contribution in [1.82, 2.24) is 10.6 Å². The van der Waals surface area contributed by atoms with Crippen LogP contribution in [0.4, 0.5) is 10.1 Å². The van der Waals surface area contributed by atoms with E-state index in [0.717, 1.165) is 14.2 Å². The molecule has 12 heteroatoms. The Bertz CT molecular complexity index is 1120. The van der Waals surface area contributed by atoms with E-state index in [-0.39, 0.29) is 24.1 Å². The standard InChI is InChI=1S/C24H26FN3O8/c1-14(29)26-20(12-16-6-4-5-7-19(16)25)23(31)27-22(24(32)36-3)18(13-21(30)35-2)15-8-10-17(11-9-15)28(33)34/h4-11,18,20,22H,12-13H2,1-3H3,(H,26,29)(H,27,31)/t18-,20-,22-/m0/s1. The van der Waals surface area contributed by atoms with Crippen molar-refractivity contribution in [1.29, 1.82) is 0 Å². The molecule has 0 radical (unpaired) electrons. The van der Waals surface area contributed by atoms with Crippen LogP contribution in [-0.2, 0) is 35.1 Å². The number of methoxy groups -OCH3 is 2. The van der Waals surface area contributed by atoms with Gasteiger partial charge in [-0.15, -0.1) is 0 Å². The maximum atomic E-state index is 14.2. The number of nitrogens with one attached hydrogen (secondary N) is 2. The summed E-state index contributed by atoms with van der Waals surface area (Å²) in [5, 5.41) is 15.9. The molecule has 0 spiro atoms. The minimum Gasteiger partial charge on any atom is -0.469 e. The number of nitrogens with zero attached hydrogens (tertiary/aromatic N) is 1. The molecule has 0 fully saturated rings. The van der Waals surface area contributed by atoms with Crippen molar-refractivity contribution in [2.24, 2.45) is 0 Å². The Kier molecular flexibility index (Phi) is 10.0. The summed E-state index contributed by atoms with van der Waals surface area (Å²) in [6, 6.07) is 8.06. The highest BCUT2D eigenvalue weighted by Gasteiger charge is 2.36. The number of hydrogen-bond acceptors (Lipinski definition) is 8. The van der Waals surface area contributed by atoms with E-state index in [4.69, 9.17) is 9.47 Å². The number of halogens is 1. The van der Waals surface area contributed by atoms with Gasteiger partial charge in [-0.2, -0.15) is 0 Å². The summed E-state index contributed by atoms with van der Waals surface area (Å²) in [6.45, 7) is 1.18. The molecule has 2 amide bonds. The van der Waals surface area contributed by atoms with Crippen LogP contribution in [0.5, 0.6) is 0 Å². The zero-order valence-corrected chi connectivity index (χ0v) is 19.9. The number of esters is 2. The van der Waals surface area contributed by atoms with Crippen molar-refractivity contribution < 1.29 is 38.0 Å². The lowest BCUT2D eigenvalue weighted by Crippen LogP contribution is -2.54. The number of non-ortho nitro benzene ring substituents is 1. The molecule has 3 atom stereocenters. The summed E-state index contributed by atoms with van der Waals surface area (Å²) in [6.07, 6.45) is -0.600. The van der Waals surface area contributed by atoms with Crippen LogP contribution in [-0.4, -0.2) is 55.0 Å². The van der Waals surface area contributed by atoms with Gasteiger partial charge in [-0.1, -0.05) is 30.3 Å². The van der Waals surface area contributed by atoms with Gasteiger partial charge in [0.15, 0.2) is 0 Å². The normalized spacial score (nSPS) is 13.0. The molecule has 2 N–H and O–H groups in total. The number of benzene rings is 2. The Balaban J connectivity index is 2.43. The van der Waals surface area contributed by atoms with Crippen LogP contribution < -0.4 is 10.6 Å². The van der Waals surface area contributed by atoms with Gasteiger partial charge in [0.1, 0.15) is 17.9 Å². The van der Waals surface area contributed by atoms with E-state index in [2.05, 4.69) is 10.6 Å². The third-order valence-corrected chi connectivity index (χ3v) is 5.38. The van der Waals surface area contributed by atoms with Crippen molar-refractivity contribution >= 4 is 29.4 Å². The first-order chi connectivity index (χ1) is 17.1. The molecule has 0 bridgehead atoms. The quantitative estimate of drug-likeness (QED) is 0.267. The smallest absolute Gasteiger partial charge is 0.329 e. The number of carbonyl (C=O) groups is 4. The molecule has 2 aromatic rings. The summed E-state index contributed by atoms with van der Waals surface area (Å²) in [5.74, 6) is -4.65. The molecule has 0 aliphatic rings. The molecular formula is C24H26FN3O8. The van der Waals surface area contributed by atoms with Gasteiger partial charge >= 0.3 is 11.9 Å². The van der Waals surface area contributed by atoms with Crippen molar-refractivity contribution in [2.75, 3.05) is 14.2 Å². The van der Waals surface area contributed by atoms with E-state index in [0.29, 0.717) is 5.56 Å². The number of hydrogen-bond donors (Lipinski definition) is 2. The van der Waals surface area contributed by atoms with Crippen molar-refractivity contribution in [3.8, 4) is 0 Å². The number of ether oxygens (including phenoxy) is 2. The van der Waals surface area contributed by atoms with Crippen LogP contribution >= 0.6 is 0 Å². The molecule has 192 valence electrons. The molecule has 36 heavy (non-hydrogen) atoms. The molecule has 0 aliphatic heterocycles. The molecule has 0 heterocycles. The summed E-state index contributed by atoms with van der Waals surface area (Å²) in [7, 11) is 2.22. The first-order valence-electron chi connectivity index (χ1n) is 10.8. The average molecular weight is 503 g/mol. The van der Waals surface area contributed by atoms with Gasteiger partial charge in [0, 0.05) is 31.4 Å². The lowest BCUT2D eigenvalue weighted by molar-refractivity contribution is -0.384. The van der Waals surface area contributed by atoms with Gasteiger partial charge in [-0.05, 0) is 17.2 Å². The number of amides is 2. The van der Waals surface area contributed by atoms with Gasteiger partial charge in [0.05, 0.1) is 25.6 Å². The second-order valence-electron chi connectivity index (χ2n) is 7.79. The summed E-state index contributed by atoms with van der Waals surface area (Å²) in [4.78, 5) is 60.2.